The molecule has 0 aromatic carbocycles. The van der Waals surface area contributed by atoms with Gasteiger partial charge in [0.1, 0.15) is 6.61 Å². The molecule has 0 aliphatic rings. The minimum absolute atomic E-state index is 0.0230. The van der Waals surface area contributed by atoms with E-state index in [0.29, 0.717) is 0 Å². The summed E-state index contributed by atoms with van der Waals surface area (Å²) in [5, 5.41) is 8.81. The Bertz CT molecular complexity index is 150. The van der Waals surface area contributed by atoms with Crippen LogP contribution in [0.5, 0.6) is 0 Å². The van der Waals surface area contributed by atoms with E-state index in [1.165, 1.54) is 14.0 Å². The topological polar surface area (TPSA) is 91.0 Å². The SMILES string of the molecule is COC[C@H](ON)C(=O)OC[C@@H](C)O. The van der Waals surface area contributed by atoms with Gasteiger partial charge in [-0.25, -0.2) is 10.7 Å². The molecule has 6 heteroatoms. The quantitative estimate of drug-likeness (QED) is 0.407. The summed E-state index contributed by atoms with van der Waals surface area (Å²) in [5.74, 6) is 4.17. The molecular formula is C7H15NO5. The van der Waals surface area contributed by atoms with Crippen LogP contribution in [-0.2, 0) is 19.1 Å². The molecule has 2 atom stereocenters. The molecule has 3 N–H and O–H groups in total. The fourth-order valence-corrected chi connectivity index (χ4v) is 0.610. The summed E-state index contributed by atoms with van der Waals surface area (Å²) in [6, 6.07) is 0. The molecular weight excluding hydrogens is 178 g/mol. The van der Waals surface area contributed by atoms with Crippen LogP contribution in [0.25, 0.3) is 0 Å². The third-order valence-electron chi connectivity index (χ3n) is 1.21. The number of rotatable bonds is 6. The van der Waals surface area contributed by atoms with E-state index < -0.39 is 18.2 Å². The van der Waals surface area contributed by atoms with Crippen LogP contribution in [0.3, 0.4) is 0 Å². The van der Waals surface area contributed by atoms with Crippen LogP contribution in [0.2, 0.25) is 0 Å². The van der Waals surface area contributed by atoms with E-state index in [4.69, 9.17) is 11.0 Å². The molecule has 0 bridgehead atoms. The van der Waals surface area contributed by atoms with E-state index >= 15 is 0 Å². The Balaban J connectivity index is 3.77. The Morgan fingerprint density at radius 2 is 2.15 bits per heavy atom. The van der Waals surface area contributed by atoms with Crippen molar-refractivity contribution in [1.29, 1.82) is 0 Å². The molecule has 0 radical (unpaired) electrons. The smallest absolute Gasteiger partial charge is 0.339 e. The lowest BCUT2D eigenvalue weighted by Crippen LogP contribution is -2.34. The van der Waals surface area contributed by atoms with E-state index in [1.807, 2.05) is 0 Å². The van der Waals surface area contributed by atoms with E-state index in [9.17, 15) is 4.79 Å². The lowest BCUT2D eigenvalue weighted by molar-refractivity contribution is -0.163. The lowest BCUT2D eigenvalue weighted by atomic mass is 10.4. The molecule has 13 heavy (non-hydrogen) atoms. The molecule has 78 valence electrons. The van der Waals surface area contributed by atoms with Crippen molar-refractivity contribution in [1.82, 2.24) is 0 Å². The van der Waals surface area contributed by atoms with Gasteiger partial charge in [-0.3, -0.25) is 4.84 Å². The molecule has 6 nitrogen and oxygen atoms in total. The number of carbonyl (C=O) groups is 1. The highest BCUT2D eigenvalue weighted by Crippen LogP contribution is 1.94. The molecule has 0 saturated heterocycles. The zero-order valence-corrected chi connectivity index (χ0v) is 7.73. The van der Waals surface area contributed by atoms with E-state index in [0.717, 1.165) is 0 Å². The molecule has 0 aromatic heterocycles. The van der Waals surface area contributed by atoms with Gasteiger partial charge in [0.25, 0.3) is 0 Å². The minimum Gasteiger partial charge on any atom is -0.461 e. The fourth-order valence-electron chi connectivity index (χ4n) is 0.610. The molecule has 0 unspecified atom stereocenters. The largest absolute Gasteiger partial charge is 0.461 e. The first-order valence-electron chi connectivity index (χ1n) is 3.81. The number of esters is 1. The zero-order chi connectivity index (χ0) is 10.3. The Hall–Kier alpha value is -0.690. The second-order valence-corrected chi connectivity index (χ2v) is 2.56. The number of nitrogens with two attached hydrogens (primary N) is 1. The van der Waals surface area contributed by atoms with Crippen molar-refractivity contribution in [3.05, 3.63) is 0 Å². The summed E-state index contributed by atoms with van der Waals surface area (Å²) in [7, 11) is 1.41. The van der Waals surface area contributed by atoms with Gasteiger partial charge in [0, 0.05) is 7.11 Å². The van der Waals surface area contributed by atoms with E-state index in [1.54, 1.807) is 0 Å². The van der Waals surface area contributed by atoms with Crippen LogP contribution in [0.1, 0.15) is 6.92 Å². The number of ether oxygens (including phenoxy) is 2. The standard InChI is InChI=1S/C7H15NO5/c1-5(9)3-12-7(10)6(13-8)4-11-2/h5-6,9H,3-4,8H2,1-2H3/t5-,6+/m1/s1. The van der Waals surface area contributed by atoms with Crippen molar-refractivity contribution in [2.75, 3.05) is 20.3 Å². The van der Waals surface area contributed by atoms with Crippen molar-refractivity contribution in [3.8, 4) is 0 Å². The van der Waals surface area contributed by atoms with Gasteiger partial charge >= 0.3 is 5.97 Å². The highest BCUT2D eigenvalue weighted by Gasteiger charge is 2.20. The Kier molecular flexibility index (Phi) is 6.43. The normalized spacial score (nSPS) is 15.1. The van der Waals surface area contributed by atoms with Gasteiger partial charge in [-0.05, 0) is 6.92 Å². The van der Waals surface area contributed by atoms with E-state index in [-0.39, 0.29) is 13.2 Å². The van der Waals surface area contributed by atoms with Crippen LogP contribution in [0.15, 0.2) is 0 Å². The maximum atomic E-state index is 11.1. The second kappa shape index (κ2) is 6.79. The van der Waals surface area contributed by atoms with Crippen molar-refractivity contribution in [2.45, 2.75) is 19.1 Å². The monoisotopic (exact) mass is 193 g/mol. The van der Waals surface area contributed by atoms with Crippen LogP contribution in [-0.4, -0.2) is 43.6 Å². The van der Waals surface area contributed by atoms with Gasteiger partial charge < -0.3 is 14.6 Å². The number of hydrogen-bond acceptors (Lipinski definition) is 6. The van der Waals surface area contributed by atoms with Crippen molar-refractivity contribution >= 4 is 5.97 Å². The number of carbonyl (C=O) groups excluding carboxylic acids is 1. The summed E-state index contributed by atoms with van der Waals surface area (Å²) in [5.41, 5.74) is 0. The maximum Gasteiger partial charge on any atom is 0.339 e. The summed E-state index contributed by atoms with van der Waals surface area (Å²) >= 11 is 0. The van der Waals surface area contributed by atoms with Gasteiger partial charge in [0.2, 0.25) is 0 Å². The van der Waals surface area contributed by atoms with Gasteiger partial charge in [-0.1, -0.05) is 0 Å². The first kappa shape index (κ1) is 12.3. The number of hydrogen-bond donors (Lipinski definition) is 2. The van der Waals surface area contributed by atoms with Crippen LogP contribution >= 0.6 is 0 Å². The summed E-state index contributed by atoms with van der Waals surface area (Å²) in [6.07, 6.45) is -1.64. The van der Waals surface area contributed by atoms with Crippen molar-refractivity contribution in [2.24, 2.45) is 5.90 Å². The molecule has 0 aliphatic heterocycles. The highest BCUT2D eigenvalue weighted by molar-refractivity contribution is 5.74. The van der Waals surface area contributed by atoms with Gasteiger partial charge in [0.05, 0.1) is 12.7 Å². The third-order valence-corrected chi connectivity index (χ3v) is 1.21. The summed E-state index contributed by atoms with van der Waals surface area (Å²) in [6.45, 7) is 1.44. The number of methoxy groups -OCH3 is 1. The second-order valence-electron chi connectivity index (χ2n) is 2.56. The first-order valence-corrected chi connectivity index (χ1v) is 3.81. The fraction of sp³-hybridized carbons (Fsp3) is 0.857. The van der Waals surface area contributed by atoms with Crippen LogP contribution in [0, 0.1) is 0 Å². The highest BCUT2D eigenvalue weighted by atomic mass is 16.7. The van der Waals surface area contributed by atoms with E-state index in [2.05, 4.69) is 14.3 Å². The van der Waals surface area contributed by atoms with Gasteiger partial charge in [-0.15, -0.1) is 0 Å². The Morgan fingerprint density at radius 1 is 1.54 bits per heavy atom. The zero-order valence-electron chi connectivity index (χ0n) is 7.73. The van der Waals surface area contributed by atoms with Gasteiger partial charge in [0.15, 0.2) is 6.10 Å². The first-order chi connectivity index (χ1) is 6.11. The molecule has 0 saturated carbocycles. The van der Waals surface area contributed by atoms with Crippen LogP contribution < -0.4 is 5.90 Å². The average Bonchev–Trinajstić information content (AvgIpc) is 2.10. The number of aliphatic hydroxyl groups excluding tert-OH is 1. The molecule has 0 rings (SSSR count). The molecule has 0 amide bonds. The summed E-state index contributed by atoms with van der Waals surface area (Å²) in [4.78, 5) is 15.4. The summed E-state index contributed by atoms with van der Waals surface area (Å²) < 4.78 is 9.29. The third kappa shape index (κ3) is 5.53. The van der Waals surface area contributed by atoms with Gasteiger partial charge in [-0.2, -0.15) is 0 Å². The lowest BCUT2D eigenvalue weighted by Gasteiger charge is -2.13. The molecule has 0 fully saturated rings. The molecule has 0 aliphatic carbocycles. The predicted octanol–water partition coefficient (Wildman–Crippen LogP) is -1.18. The van der Waals surface area contributed by atoms with Crippen molar-refractivity contribution in [3.63, 3.8) is 0 Å². The molecule has 0 aromatic rings. The Labute approximate surface area is 76.5 Å². The maximum absolute atomic E-state index is 11.1. The average molecular weight is 193 g/mol. The van der Waals surface area contributed by atoms with Crippen molar-refractivity contribution < 1.29 is 24.2 Å². The van der Waals surface area contributed by atoms with Crippen LogP contribution in [0.4, 0.5) is 0 Å². The predicted molar refractivity (Wildman–Crippen MR) is 43.6 cm³/mol. The Morgan fingerprint density at radius 3 is 2.54 bits per heavy atom. The minimum atomic E-state index is -0.941. The number of aliphatic hydroxyl groups is 1. The molecule has 0 heterocycles. The molecule has 0 spiro atoms.